The van der Waals surface area contributed by atoms with Crippen LogP contribution in [0.3, 0.4) is 0 Å². The lowest BCUT2D eigenvalue weighted by Gasteiger charge is -2.10. The summed E-state index contributed by atoms with van der Waals surface area (Å²) >= 11 is 6.20. The van der Waals surface area contributed by atoms with Gasteiger partial charge in [-0.25, -0.2) is 0 Å². The smallest absolute Gasteiger partial charge is 0.273 e. The van der Waals surface area contributed by atoms with Crippen LogP contribution in [-0.4, -0.2) is 15.7 Å². The first kappa shape index (κ1) is 14.8. The fourth-order valence-electron chi connectivity index (χ4n) is 3.41. The molecule has 0 bridgehead atoms. The Hall–Kier alpha value is -2.53. The van der Waals surface area contributed by atoms with E-state index in [2.05, 4.69) is 9.98 Å². The molecule has 2 aliphatic rings. The van der Waals surface area contributed by atoms with Crippen molar-refractivity contribution < 1.29 is 0 Å². The average molecular weight is 351 g/mol. The molecule has 0 N–H and O–H groups in total. The maximum atomic E-state index is 13.2. The molecule has 1 aromatic carbocycles. The Morgan fingerprint density at radius 1 is 1.16 bits per heavy atom. The molecule has 1 saturated carbocycles. The number of halogens is 1. The molecule has 124 valence electrons. The molecule has 0 radical (unpaired) electrons. The Kier molecular flexibility index (Phi) is 3.25. The zero-order valence-corrected chi connectivity index (χ0v) is 14.1. The molecule has 1 aliphatic carbocycles. The molecule has 2 aromatic heterocycles. The van der Waals surface area contributed by atoms with Gasteiger partial charge in [-0.3, -0.25) is 24.3 Å². The van der Waals surface area contributed by atoms with Gasteiger partial charge in [-0.1, -0.05) is 24.4 Å². The minimum absolute atomic E-state index is 0.140. The van der Waals surface area contributed by atoms with Crippen LogP contribution < -0.4 is 16.3 Å². The molecule has 1 unspecified atom stereocenters. The van der Waals surface area contributed by atoms with Crippen LogP contribution in [0.2, 0.25) is 5.02 Å². The van der Waals surface area contributed by atoms with Crippen molar-refractivity contribution in [2.75, 3.05) is 0 Å². The van der Waals surface area contributed by atoms with Crippen LogP contribution >= 0.6 is 11.6 Å². The van der Waals surface area contributed by atoms with Crippen LogP contribution in [0, 0.1) is 5.92 Å². The molecule has 25 heavy (non-hydrogen) atoms. The molecule has 1 fully saturated rings. The van der Waals surface area contributed by atoms with Crippen molar-refractivity contribution in [3.05, 3.63) is 68.8 Å². The Morgan fingerprint density at radius 2 is 2.00 bits per heavy atom. The first-order valence-electron chi connectivity index (χ1n) is 8.41. The predicted octanol–water partition coefficient (Wildman–Crippen LogP) is 2.42. The second-order valence-electron chi connectivity index (χ2n) is 6.63. The van der Waals surface area contributed by atoms with E-state index in [9.17, 15) is 4.79 Å². The molecule has 3 aromatic rings. The number of aromatic nitrogens is 2. The maximum absolute atomic E-state index is 13.2. The molecule has 1 atom stereocenters. The maximum Gasteiger partial charge on any atom is 0.283 e. The lowest BCUT2D eigenvalue weighted by Crippen LogP contribution is -2.43. The van der Waals surface area contributed by atoms with E-state index in [1.807, 2.05) is 24.3 Å². The van der Waals surface area contributed by atoms with E-state index in [1.54, 1.807) is 23.0 Å². The summed E-state index contributed by atoms with van der Waals surface area (Å²) in [6.45, 7) is 0. The van der Waals surface area contributed by atoms with Crippen molar-refractivity contribution in [3.63, 3.8) is 0 Å². The molecule has 3 heterocycles. The standard InChI is InChI=1S/C19H15ClN4O/c20-12-5-6-14-15(9-12)24(13-2-1-7-21-10-13)19(25)18-17(14)22-16(23-18)8-11-3-4-11/h1-2,5-7,9-11,16H,3-4,8H2. The second kappa shape index (κ2) is 5.49. The molecule has 0 amide bonds. The predicted molar refractivity (Wildman–Crippen MR) is 95.8 cm³/mol. The molecule has 0 saturated heterocycles. The van der Waals surface area contributed by atoms with E-state index in [4.69, 9.17) is 16.6 Å². The molecular weight excluding hydrogens is 336 g/mol. The highest BCUT2D eigenvalue weighted by Gasteiger charge is 2.27. The van der Waals surface area contributed by atoms with E-state index in [1.165, 1.54) is 12.8 Å². The molecule has 6 heteroatoms. The number of nitrogens with zero attached hydrogens (tertiary/aromatic N) is 4. The van der Waals surface area contributed by atoms with Crippen LogP contribution in [-0.2, 0) is 0 Å². The summed E-state index contributed by atoms with van der Waals surface area (Å²) in [6, 6.07) is 9.21. The summed E-state index contributed by atoms with van der Waals surface area (Å²) in [4.78, 5) is 26.7. The SMILES string of the molecule is O=c1c2c(c3ccc(Cl)cc3n1-c1cccnc1)=NC(CC1CC1)N=2. The van der Waals surface area contributed by atoms with Gasteiger partial charge in [0, 0.05) is 16.6 Å². The van der Waals surface area contributed by atoms with Crippen LogP contribution in [0.1, 0.15) is 19.3 Å². The van der Waals surface area contributed by atoms with Crippen LogP contribution in [0.5, 0.6) is 0 Å². The van der Waals surface area contributed by atoms with Gasteiger partial charge in [-0.05, 0) is 42.7 Å². The highest BCUT2D eigenvalue weighted by Crippen LogP contribution is 2.34. The van der Waals surface area contributed by atoms with E-state index in [0.29, 0.717) is 27.3 Å². The highest BCUT2D eigenvalue weighted by molar-refractivity contribution is 6.31. The summed E-state index contributed by atoms with van der Waals surface area (Å²) in [6.07, 6.45) is 6.63. The van der Waals surface area contributed by atoms with Gasteiger partial charge in [0.1, 0.15) is 11.5 Å². The number of pyridine rings is 2. The average Bonchev–Trinajstić information content (AvgIpc) is 3.32. The topological polar surface area (TPSA) is 59.6 Å². The Labute approximate surface area is 148 Å². The van der Waals surface area contributed by atoms with Crippen LogP contribution in [0.15, 0.2) is 57.5 Å². The third-order valence-corrected chi connectivity index (χ3v) is 5.02. The quantitative estimate of drug-likeness (QED) is 0.728. The number of hydrogen-bond acceptors (Lipinski definition) is 4. The van der Waals surface area contributed by atoms with Gasteiger partial charge in [-0.15, -0.1) is 0 Å². The number of benzene rings is 1. The number of rotatable bonds is 3. The largest absolute Gasteiger partial charge is 0.283 e. The normalized spacial score (nSPS) is 18.7. The highest BCUT2D eigenvalue weighted by atomic mass is 35.5. The molecule has 5 rings (SSSR count). The third kappa shape index (κ3) is 2.46. The lowest BCUT2D eigenvalue weighted by atomic mass is 10.2. The summed E-state index contributed by atoms with van der Waals surface area (Å²) < 4.78 is 1.63. The van der Waals surface area contributed by atoms with Gasteiger partial charge in [0.25, 0.3) is 5.56 Å². The van der Waals surface area contributed by atoms with Gasteiger partial charge in [0.2, 0.25) is 0 Å². The minimum atomic E-state index is -0.167. The zero-order valence-electron chi connectivity index (χ0n) is 13.4. The number of fused-ring (bicyclic) bond motifs is 3. The van der Waals surface area contributed by atoms with Gasteiger partial charge in [0.05, 0.1) is 17.4 Å². The summed E-state index contributed by atoms with van der Waals surface area (Å²) in [5.74, 6) is 0.702. The van der Waals surface area contributed by atoms with Crippen molar-refractivity contribution in [2.24, 2.45) is 15.9 Å². The van der Waals surface area contributed by atoms with E-state index in [-0.39, 0.29) is 11.7 Å². The number of hydrogen-bond donors (Lipinski definition) is 0. The Morgan fingerprint density at radius 3 is 2.76 bits per heavy atom. The minimum Gasteiger partial charge on any atom is -0.273 e. The van der Waals surface area contributed by atoms with Crippen molar-refractivity contribution in [1.82, 2.24) is 9.55 Å². The fourth-order valence-corrected chi connectivity index (χ4v) is 3.57. The van der Waals surface area contributed by atoms with E-state index in [0.717, 1.165) is 17.3 Å². The first-order chi connectivity index (χ1) is 12.2. The Bertz CT molecular complexity index is 1170. The van der Waals surface area contributed by atoms with Gasteiger partial charge in [0.15, 0.2) is 5.36 Å². The summed E-state index contributed by atoms with van der Waals surface area (Å²) in [5, 5.41) is 2.62. The van der Waals surface area contributed by atoms with Crippen molar-refractivity contribution in [3.8, 4) is 5.69 Å². The van der Waals surface area contributed by atoms with Gasteiger partial charge in [-0.2, -0.15) is 0 Å². The van der Waals surface area contributed by atoms with E-state index >= 15 is 0 Å². The lowest BCUT2D eigenvalue weighted by molar-refractivity contribution is 0.589. The molecule has 1 aliphatic heterocycles. The fraction of sp³-hybridized carbons (Fsp3) is 0.263. The Balaban J connectivity index is 1.86. The van der Waals surface area contributed by atoms with Crippen LogP contribution in [0.4, 0.5) is 0 Å². The zero-order chi connectivity index (χ0) is 17.0. The molecular formula is C19H15ClN4O. The van der Waals surface area contributed by atoms with Gasteiger partial charge >= 0.3 is 0 Å². The summed E-state index contributed by atoms with van der Waals surface area (Å²) in [5.41, 5.74) is 1.26. The third-order valence-electron chi connectivity index (χ3n) is 4.79. The first-order valence-corrected chi connectivity index (χ1v) is 8.79. The summed E-state index contributed by atoms with van der Waals surface area (Å²) in [7, 11) is 0. The van der Waals surface area contributed by atoms with Crippen LogP contribution in [0.25, 0.3) is 16.6 Å². The monoisotopic (exact) mass is 350 g/mol. The van der Waals surface area contributed by atoms with Crippen molar-refractivity contribution in [1.29, 1.82) is 0 Å². The van der Waals surface area contributed by atoms with E-state index < -0.39 is 0 Å². The molecule has 0 spiro atoms. The van der Waals surface area contributed by atoms with Gasteiger partial charge < -0.3 is 0 Å². The van der Waals surface area contributed by atoms with Crippen molar-refractivity contribution >= 4 is 22.5 Å². The second-order valence-corrected chi connectivity index (χ2v) is 7.06. The van der Waals surface area contributed by atoms with Crippen molar-refractivity contribution in [2.45, 2.75) is 25.4 Å². The molecule has 5 nitrogen and oxygen atoms in total.